The van der Waals surface area contributed by atoms with Crippen molar-refractivity contribution in [2.24, 2.45) is 0 Å². The van der Waals surface area contributed by atoms with Crippen molar-refractivity contribution in [1.29, 1.82) is 0 Å². The molecule has 0 unspecified atom stereocenters. The second kappa shape index (κ2) is 5.48. The third-order valence-electron chi connectivity index (χ3n) is 4.37. The van der Waals surface area contributed by atoms with E-state index in [1.54, 1.807) is 0 Å². The first kappa shape index (κ1) is 14.4. The lowest BCUT2D eigenvalue weighted by atomic mass is 10.0. The van der Waals surface area contributed by atoms with Gasteiger partial charge in [0.1, 0.15) is 6.04 Å². The van der Waals surface area contributed by atoms with Gasteiger partial charge < -0.3 is 15.0 Å². The van der Waals surface area contributed by atoms with Gasteiger partial charge in [0, 0.05) is 11.8 Å². The third-order valence-corrected chi connectivity index (χ3v) is 4.37. The molecule has 1 aliphatic heterocycles. The highest BCUT2D eigenvalue weighted by molar-refractivity contribution is 5.89. The van der Waals surface area contributed by atoms with E-state index >= 15 is 0 Å². The van der Waals surface area contributed by atoms with Gasteiger partial charge in [-0.05, 0) is 6.07 Å². The van der Waals surface area contributed by atoms with Crippen molar-refractivity contribution in [3.8, 4) is 0 Å². The van der Waals surface area contributed by atoms with Gasteiger partial charge in [-0.25, -0.2) is 9.78 Å². The number of carboxylic acids is 1. The minimum Gasteiger partial charge on any atom is -0.480 e. The Labute approximate surface area is 136 Å². The molecule has 1 aliphatic rings. The van der Waals surface area contributed by atoms with Crippen LogP contribution in [0.3, 0.4) is 0 Å². The average Bonchev–Trinajstić information content (AvgIpc) is 3.20. The number of benzene rings is 1. The van der Waals surface area contributed by atoms with E-state index in [0.29, 0.717) is 11.4 Å². The van der Waals surface area contributed by atoms with Crippen LogP contribution in [0.4, 0.5) is 0 Å². The van der Waals surface area contributed by atoms with Crippen molar-refractivity contribution >= 4 is 22.8 Å². The Morgan fingerprint density at radius 3 is 3.00 bits per heavy atom. The zero-order valence-corrected chi connectivity index (χ0v) is 12.7. The number of para-hydroxylation sites is 1. The SMILES string of the molecule is O=C(O)[C@H]1Cc2nc[nH]c2CN1C(=O)Cc1[nH]nc2ccccc12. The fourth-order valence-corrected chi connectivity index (χ4v) is 3.12. The fraction of sp³-hybridized carbons (Fsp3) is 0.250. The van der Waals surface area contributed by atoms with Gasteiger partial charge in [-0.3, -0.25) is 9.89 Å². The number of carbonyl (C=O) groups excluding carboxylic acids is 1. The number of carboxylic acid groups (broad SMARTS) is 1. The maximum absolute atomic E-state index is 12.7. The summed E-state index contributed by atoms with van der Waals surface area (Å²) in [7, 11) is 0. The van der Waals surface area contributed by atoms with E-state index in [0.717, 1.165) is 16.6 Å². The lowest BCUT2D eigenvalue weighted by Gasteiger charge is -2.32. The number of aromatic amines is 2. The summed E-state index contributed by atoms with van der Waals surface area (Å²) in [5.74, 6) is -1.27. The zero-order valence-electron chi connectivity index (χ0n) is 12.7. The minimum absolute atomic E-state index is 0.0771. The summed E-state index contributed by atoms with van der Waals surface area (Å²) in [6.45, 7) is 0.219. The molecule has 8 heteroatoms. The molecule has 0 aliphatic carbocycles. The number of nitrogens with one attached hydrogen (secondary N) is 2. The monoisotopic (exact) mass is 325 g/mol. The molecule has 0 saturated heterocycles. The summed E-state index contributed by atoms with van der Waals surface area (Å²) in [5.41, 5.74) is 2.97. The summed E-state index contributed by atoms with van der Waals surface area (Å²) in [5, 5.41) is 17.4. The number of rotatable bonds is 3. The van der Waals surface area contributed by atoms with E-state index in [1.807, 2.05) is 24.3 Å². The molecule has 0 fully saturated rings. The van der Waals surface area contributed by atoms with E-state index in [4.69, 9.17) is 0 Å². The summed E-state index contributed by atoms with van der Waals surface area (Å²) in [4.78, 5) is 32.8. The van der Waals surface area contributed by atoms with Crippen LogP contribution in [0.25, 0.3) is 10.9 Å². The Bertz CT molecular complexity index is 929. The second-order valence-electron chi connectivity index (χ2n) is 5.80. The third kappa shape index (κ3) is 2.32. The van der Waals surface area contributed by atoms with E-state index in [2.05, 4.69) is 20.2 Å². The lowest BCUT2D eigenvalue weighted by Crippen LogP contribution is -2.49. The van der Waals surface area contributed by atoms with Crippen molar-refractivity contribution in [3.63, 3.8) is 0 Å². The van der Waals surface area contributed by atoms with Crippen molar-refractivity contribution in [2.45, 2.75) is 25.4 Å². The van der Waals surface area contributed by atoms with Gasteiger partial charge in [0.2, 0.25) is 5.91 Å². The number of H-pyrrole nitrogens is 2. The fourth-order valence-electron chi connectivity index (χ4n) is 3.12. The van der Waals surface area contributed by atoms with Crippen LogP contribution >= 0.6 is 0 Å². The van der Waals surface area contributed by atoms with Gasteiger partial charge in [-0.1, -0.05) is 18.2 Å². The number of hydrogen-bond donors (Lipinski definition) is 3. The van der Waals surface area contributed by atoms with Gasteiger partial charge >= 0.3 is 5.97 Å². The number of aromatic nitrogens is 4. The first-order valence-corrected chi connectivity index (χ1v) is 7.59. The van der Waals surface area contributed by atoms with Crippen molar-refractivity contribution in [2.75, 3.05) is 0 Å². The quantitative estimate of drug-likeness (QED) is 0.661. The van der Waals surface area contributed by atoms with E-state index in [1.165, 1.54) is 11.2 Å². The van der Waals surface area contributed by atoms with Crippen LogP contribution in [0.2, 0.25) is 0 Å². The molecule has 0 spiro atoms. The van der Waals surface area contributed by atoms with Crippen LogP contribution in [0, 0.1) is 0 Å². The van der Waals surface area contributed by atoms with Crippen LogP contribution in [0.15, 0.2) is 30.6 Å². The molecule has 3 aromatic rings. The highest BCUT2D eigenvalue weighted by Gasteiger charge is 2.36. The van der Waals surface area contributed by atoms with Crippen molar-refractivity contribution in [3.05, 3.63) is 47.7 Å². The number of amides is 1. The Hall–Kier alpha value is -3.16. The summed E-state index contributed by atoms with van der Waals surface area (Å²) in [6, 6.07) is 6.60. The van der Waals surface area contributed by atoms with Gasteiger partial charge in [-0.2, -0.15) is 5.10 Å². The molecule has 0 bridgehead atoms. The van der Waals surface area contributed by atoms with Crippen molar-refractivity contribution in [1.82, 2.24) is 25.1 Å². The predicted molar refractivity (Wildman–Crippen MR) is 84.1 cm³/mol. The maximum Gasteiger partial charge on any atom is 0.326 e. The number of carbonyl (C=O) groups is 2. The Balaban J connectivity index is 1.62. The summed E-state index contributed by atoms with van der Waals surface area (Å²) in [6.07, 6.45) is 1.82. The molecule has 1 atom stereocenters. The highest BCUT2D eigenvalue weighted by Crippen LogP contribution is 2.23. The van der Waals surface area contributed by atoms with Crippen molar-refractivity contribution < 1.29 is 14.7 Å². The summed E-state index contributed by atoms with van der Waals surface area (Å²) >= 11 is 0. The standard InChI is InChI=1S/C16H15N5O3/c22-15(6-11-9-3-1-2-4-10(9)19-20-11)21-7-13-12(17-8-18-13)5-14(21)16(23)24/h1-4,8,14H,5-7H2,(H,17,18)(H,19,20)(H,23,24)/t14-/m1/s1. The number of imidazole rings is 1. The first-order chi connectivity index (χ1) is 11.6. The molecule has 1 amide bonds. The van der Waals surface area contributed by atoms with Crippen LogP contribution in [-0.4, -0.2) is 48.1 Å². The molecule has 1 aromatic carbocycles. The largest absolute Gasteiger partial charge is 0.480 e. The molecule has 3 N–H and O–H groups in total. The molecule has 0 saturated carbocycles. The average molecular weight is 325 g/mol. The second-order valence-corrected chi connectivity index (χ2v) is 5.80. The molecule has 3 heterocycles. The number of hydrogen-bond acceptors (Lipinski definition) is 4. The Kier molecular flexibility index (Phi) is 3.30. The van der Waals surface area contributed by atoms with Crippen LogP contribution in [0.1, 0.15) is 17.1 Å². The van der Waals surface area contributed by atoms with Gasteiger partial charge in [0.15, 0.2) is 0 Å². The van der Waals surface area contributed by atoms with Gasteiger partial charge in [0.25, 0.3) is 0 Å². The zero-order chi connectivity index (χ0) is 16.7. The Morgan fingerprint density at radius 2 is 2.17 bits per heavy atom. The molecule has 0 radical (unpaired) electrons. The van der Waals surface area contributed by atoms with Gasteiger partial charge in [-0.15, -0.1) is 0 Å². The molecule has 122 valence electrons. The maximum atomic E-state index is 12.7. The Morgan fingerprint density at radius 1 is 1.33 bits per heavy atom. The minimum atomic E-state index is -1.02. The highest BCUT2D eigenvalue weighted by atomic mass is 16.4. The van der Waals surface area contributed by atoms with E-state index in [9.17, 15) is 14.7 Å². The van der Waals surface area contributed by atoms with E-state index in [-0.39, 0.29) is 25.3 Å². The topological polar surface area (TPSA) is 115 Å². The molecule has 4 rings (SSSR count). The molecular weight excluding hydrogens is 310 g/mol. The van der Waals surface area contributed by atoms with Gasteiger partial charge in [0.05, 0.1) is 41.9 Å². The molecule has 8 nitrogen and oxygen atoms in total. The number of nitrogens with zero attached hydrogens (tertiary/aromatic N) is 3. The normalized spacial score (nSPS) is 17.0. The molecule has 24 heavy (non-hydrogen) atoms. The number of fused-ring (bicyclic) bond motifs is 2. The van der Waals surface area contributed by atoms with Crippen LogP contribution in [0.5, 0.6) is 0 Å². The molecular formula is C16H15N5O3. The van der Waals surface area contributed by atoms with E-state index < -0.39 is 12.0 Å². The smallest absolute Gasteiger partial charge is 0.326 e. The molecule has 2 aromatic heterocycles. The summed E-state index contributed by atoms with van der Waals surface area (Å²) < 4.78 is 0. The van der Waals surface area contributed by atoms with Crippen LogP contribution < -0.4 is 0 Å². The lowest BCUT2D eigenvalue weighted by molar-refractivity contribution is -0.151. The van der Waals surface area contributed by atoms with Crippen LogP contribution in [-0.2, 0) is 29.0 Å². The predicted octanol–water partition coefficient (Wildman–Crippen LogP) is 0.867. The number of aliphatic carboxylic acids is 1. The first-order valence-electron chi connectivity index (χ1n) is 7.59.